The minimum absolute atomic E-state index is 0. The summed E-state index contributed by atoms with van der Waals surface area (Å²) in [6, 6.07) is 12.0. The first-order chi connectivity index (χ1) is 16.7. The predicted octanol–water partition coefficient (Wildman–Crippen LogP) is 4.35. The normalized spacial score (nSPS) is 14.5. The van der Waals surface area contributed by atoms with Gasteiger partial charge in [0, 0.05) is 55.7 Å². The van der Waals surface area contributed by atoms with Crippen molar-refractivity contribution in [2.45, 2.75) is 26.9 Å². The number of aryl methyl sites for hydroxylation is 1. The summed E-state index contributed by atoms with van der Waals surface area (Å²) >= 11 is 6.27. The number of amides is 1. The van der Waals surface area contributed by atoms with Crippen LogP contribution in [0.5, 0.6) is 0 Å². The lowest BCUT2D eigenvalue weighted by Crippen LogP contribution is -2.50. The first-order valence-corrected chi connectivity index (χ1v) is 12.1. The Bertz CT molecular complexity index is 1200. The van der Waals surface area contributed by atoms with Crippen LogP contribution in [-0.2, 0) is 0 Å². The Morgan fingerprint density at radius 2 is 1.73 bits per heavy atom. The number of aliphatic hydroxyl groups is 1. The molecule has 11 heteroatoms. The van der Waals surface area contributed by atoms with Crippen molar-refractivity contribution in [3.63, 3.8) is 0 Å². The van der Waals surface area contributed by atoms with E-state index in [0.29, 0.717) is 23.8 Å². The fraction of sp³-hybridized carbons (Fsp3) is 0.385. The molecule has 37 heavy (non-hydrogen) atoms. The fourth-order valence-electron chi connectivity index (χ4n) is 4.59. The Morgan fingerprint density at radius 1 is 1.08 bits per heavy atom. The van der Waals surface area contributed by atoms with Crippen LogP contribution < -0.4 is 10.2 Å². The highest BCUT2D eigenvalue weighted by atomic mass is 35.5. The maximum atomic E-state index is 13.3. The number of hydrogen-bond acceptors (Lipinski definition) is 5. The molecule has 2 N–H and O–H groups in total. The second kappa shape index (κ2) is 13.4. The van der Waals surface area contributed by atoms with Gasteiger partial charge in [0.25, 0.3) is 5.91 Å². The molecule has 202 valence electrons. The number of nitrogens with one attached hydrogen (secondary N) is 1. The molecular formula is C26H33Cl3FN5O2. The van der Waals surface area contributed by atoms with Crippen LogP contribution in [-0.4, -0.2) is 70.8 Å². The van der Waals surface area contributed by atoms with Crippen molar-refractivity contribution < 1.29 is 14.3 Å². The molecule has 0 spiro atoms. The monoisotopic (exact) mass is 571 g/mol. The molecule has 2 aromatic carbocycles. The number of β-amino-alcohol motifs (C(OH)–C–C–N with tert-alkyl or cyclic N) is 1. The van der Waals surface area contributed by atoms with Gasteiger partial charge in [-0.2, -0.15) is 0 Å². The summed E-state index contributed by atoms with van der Waals surface area (Å²) in [5.41, 5.74) is 3.92. The molecular weight excluding hydrogens is 540 g/mol. The molecule has 1 saturated heterocycles. The molecule has 1 amide bonds. The van der Waals surface area contributed by atoms with Crippen LogP contribution in [0.2, 0.25) is 5.02 Å². The van der Waals surface area contributed by atoms with Crippen molar-refractivity contribution in [1.29, 1.82) is 0 Å². The number of imidazole rings is 1. The third-order valence-corrected chi connectivity index (χ3v) is 6.90. The van der Waals surface area contributed by atoms with E-state index in [1.165, 1.54) is 12.1 Å². The van der Waals surface area contributed by atoms with E-state index in [1.807, 2.05) is 23.6 Å². The number of nitrogens with zero attached hydrogens (tertiary/aromatic N) is 4. The maximum absolute atomic E-state index is 13.3. The van der Waals surface area contributed by atoms with E-state index in [9.17, 15) is 14.3 Å². The third-order valence-electron chi connectivity index (χ3n) is 6.49. The summed E-state index contributed by atoms with van der Waals surface area (Å²) in [4.78, 5) is 21.7. The van der Waals surface area contributed by atoms with Crippen molar-refractivity contribution in [3.8, 4) is 5.69 Å². The van der Waals surface area contributed by atoms with E-state index in [-0.39, 0.29) is 43.1 Å². The Balaban J connectivity index is 0.00000241. The summed E-state index contributed by atoms with van der Waals surface area (Å²) in [6.45, 7) is 9.57. The lowest BCUT2D eigenvalue weighted by Gasteiger charge is -2.37. The smallest absolute Gasteiger partial charge is 0.271 e. The van der Waals surface area contributed by atoms with Crippen molar-refractivity contribution >= 4 is 48.0 Å². The van der Waals surface area contributed by atoms with Gasteiger partial charge in [-0.15, -0.1) is 24.8 Å². The number of aliphatic hydroxyl groups excluding tert-OH is 1. The Hall–Kier alpha value is -2.36. The van der Waals surface area contributed by atoms with Gasteiger partial charge in [0.05, 0.1) is 11.8 Å². The van der Waals surface area contributed by atoms with Gasteiger partial charge in [-0.05, 0) is 62.7 Å². The Kier molecular flexibility index (Phi) is 11.2. The zero-order chi connectivity index (χ0) is 25.1. The number of anilines is 1. The summed E-state index contributed by atoms with van der Waals surface area (Å²) in [6.07, 6.45) is -0.695. The third kappa shape index (κ3) is 7.15. The maximum Gasteiger partial charge on any atom is 0.271 e. The highest BCUT2D eigenvalue weighted by Crippen LogP contribution is 2.27. The minimum Gasteiger partial charge on any atom is -0.390 e. The van der Waals surface area contributed by atoms with Gasteiger partial charge in [-0.3, -0.25) is 9.69 Å². The van der Waals surface area contributed by atoms with Crippen LogP contribution in [0, 0.1) is 26.6 Å². The van der Waals surface area contributed by atoms with Gasteiger partial charge in [0.15, 0.2) is 0 Å². The topological polar surface area (TPSA) is 73.6 Å². The van der Waals surface area contributed by atoms with E-state index >= 15 is 0 Å². The number of aromatic nitrogens is 2. The molecule has 3 aromatic rings. The lowest BCUT2D eigenvalue weighted by molar-refractivity contribution is 0.0847. The van der Waals surface area contributed by atoms with E-state index in [2.05, 4.69) is 26.2 Å². The van der Waals surface area contributed by atoms with Crippen LogP contribution in [0.25, 0.3) is 5.69 Å². The summed E-state index contributed by atoms with van der Waals surface area (Å²) < 4.78 is 15.1. The van der Waals surface area contributed by atoms with Gasteiger partial charge in [0.2, 0.25) is 0 Å². The Labute approximate surface area is 234 Å². The van der Waals surface area contributed by atoms with Crippen LogP contribution >= 0.6 is 36.4 Å². The highest BCUT2D eigenvalue weighted by Gasteiger charge is 2.23. The molecule has 7 nitrogen and oxygen atoms in total. The predicted molar refractivity (Wildman–Crippen MR) is 151 cm³/mol. The standard InChI is InChI=1S/C26H31ClFN5O2.2ClH/c1-17-23(27)5-4-6-24(17)32-13-11-31(12-14-32)16-22(34)15-29-26(35)25-18(2)33(19(3)30-25)21-9-7-20(28)8-10-21;;/h4-10,22,34H,11-16H2,1-3H3,(H,29,35);2*1H. The number of carbonyl (C=O) groups excluding carboxylic acids is 1. The van der Waals surface area contributed by atoms with Crippen molar-refractivity contribution in [2.24, 2.45) is 0 Å². The zero-order valence-electron chi connectivity index (χ0n) is 21.1. The number of halogens is 4. The van der Waals surface area contributed by atoms with Gasteiger partial charge in [0.1, 0.15) is 17.3 Å². The van der Waals surface area contributed by atoms with Gasteiger partial charge in [-0.25, -0.2) is 9.37 Å². The molecule has 2 heterocycles. The van der Waals surface area contributed by atoms with Crippen LogP contribution in [0.4, 0.5) is 10.1 Å². The highest BCUT2D eigenvalue weighted by molar-refractivity contribution is 6.31. The van der Waals surface area contributed by atoms with E-state index in [0.717, 1.165) is 48.1 Å². The van der Waals surface area contributed by atoms with E-state index in [1.54, 1.807) is 26.0 Å². The molecule has 1 aliphatic rings. The first-order valence-electron chi connectivity index (χ1n) is 11.7. The molecule has 0 bridgehead atoms. The van der Waals surface area contributed by atoms with Crippen molar-refractivity contribution in [2.75, 3.05) is 44.2 Å². The second-order valence-electron chi connectivity index (χ2n) is 8.94. The summed E-state index contributed by atoms with van der Waals surface area (Å²) in [5, 5.41) is 14.1. The number of piperazine rings is 1. The Morgan fingerprint density at radius 3 is 2.38 bits per heavy atom. The van der Waals surface area contributed by atoms with E-state index < -0.39 is 6.10 Å². The molecule has 0 aliphatic carbocycles. The molecule has 1 aromatic heterocycles. The molecule has 0 radical (unpaired) electrons. The number of rotatable bonds is 7. The van der Waals surface area contributed by atoms with Crippen molar-refractivity contribution in [1.82, 2.24) is 19.8 Å². The van der Waals surface area contributed by atoms with Crippen molar-refractivity contribution in [3.05, 3.63) is 76.1 Å². The molecule has 1 atom stereocenters. The number of carbonyl (C=O) groups is 1. The molecule has 4 rings (SSSR count). The SMILES string of the molecule is Cc1c(Cl)cccc1N1CCN(CC(O)CNC(=O)c2nc(C)n(-c3ccc(F)cc3)c2C)CC1.Cl.Cl. The number of benzene rings is 2. The lowest BCUT2D eigenvalue weighted by atomic mass is 10.1. The minimum atomic E-state index is -0.695. The number of hydrogen-bond donors (Lipinski definition) is 2. The van der Waals surface area contributed by atoms with Gasteiger partial charge >= 0.3 is 0 Å². The molecule has 1 aliphatic heterocycles. The van der Waals surface area contributed by atoms with Gasteiger partial charge in [-0.1, -0.05) is 17.7 Å². The average Bonchev–Trinajstić information content (AvgIpc) is 3.14. The second-order valence-corrected chi connectivity index (χ2v) is 9.35. The quantitative estimate of drug-likeness (QED) is 0.441. The van der Waals surface area contributed by atoms with Crippen LogP contribution in [0.3, 0.4) is 0 Å². The largest absolute Gasteiger partial charge is 0.390 e. The van der Waals surface area contributed by atoms with Gasteiger partial charge < -0.3 is 19.9 Å². The summed E-state index contributed by atoms with van der Waals surface area (Å²) in [5.74, 6) is -0.0310. The molecule has 1 fully saturated rings. The summed E-state index contributed by atoms with van der Waals surface area (Å²) in [7, 11) is 0. The van der Waals surface area contributed by atoms with Crippen LogP contribution in [0.15, 0.2) is 42.5 Å². The molecule has 0 saturated carbocycles. The van der Waals surface area contributed by atoms with E-state index in [4.69, 9.17) is 11.6 Å². The average molecular weight is 573 g/mol. The first kappa shape index (κ1) is 30.9. The zero-order valence-corrected chi connectivity index (χ0v) is 23.5. The molecule has 1 unspecified atom stereocenters. The van der Waals surface area contributed by atoms with Crippen LogP contribution in [0.1, 0.15) is 27.6 Å². The fourth-order valence-corrected chi connectivity index (χ4v) is 4.76.